The summed E-state index contributed by atoms with van der Waals surface area (Å²) in [5.74, 6) is 0.996. The first kappa shape index (κ1) is 19.3. The van der Waals surface area contributed by atoms with Gasteiger partial charge in [-0.15, -0.1) is 0 Å². The maximum absolute atomic E-state index is 13.2. The first-order valence-corrected chi connectivity index (χ1v) is 10.1. The van der Waals surface area contributed by atoms with Crippen molar-refractivity contribution in [1.29, 1.82) is 0 Å². The van der Waals surface area contributed by atoms with E-state index in [0.717, 1.165) is 24.1 Å². The Morgan fingerprint density at radius 1 is 1.28 bits per heavy atom. The highest BCUT2D eigenvalue weighted by Crippen LogP contribution is 2.33. The zero-order chi connectivity index (χ0) is 20.4. The summed E-state index contributed by atoms with van der Waals surface area (Å²) in [7, 11) is 0. The molecule has 0 aliphatic carbocycles. The van der Waals surface area contributed by atoms with Crippen molar-refractivity contribution in [1.82, 2.24) is 24.8 Å². The molecule has 1 fully saturated rings. The van der Waals surface area contributed by atoms with Crippen LogP contribution in [0.3, 0.4) is 0 Å². The molecule has 1 atom stereocenters. The van der Waals surface area contributed by atoms with Gasteiger partial charge in [0.15, 0.2) is 5.82 Å². The monoisotopic (exact) mass is 395 g/mol. The van der Waals surface area contributed by atoms with Gasteiger partial charge in [0.25, 0.3) is 5.91 Å². The first-order chi connectivity index (χ1) is 14.1. The fourth-order valence-electron chi connectivity index (χ4n) is 4.00. The zero-order valence-electron chi connectivity index (χ0n) is 16.8. The largest absolute Gasteiger partial charge is 0.477 e. The Balaban J connectivity index is 1.58. The van der Waals surface area contributed by atoms with Crippen LogP contribution in [0.5, 0.6) is 5.88 Å². The lowest BCUT2D eigenvalue weighted by Crippen LogP contribution is -2.36. The van der Waals surface area contributed by atoms with Crippen molar-refractivity contribution in [3.63, 3.8) is 0 Å². The van der Waals surface area contributed by atoms with Gasteiger partial charge in [-0.1, -0.05) is 0 Å². The molecule has 0 N–H and O–H groups in total. The van der Waals surface area contributed by atoms with Crippen molar-refractivity contribution < 1.29 is 14.3 Å². The van der Waals surface area contributed by atoms with E-state index >= 15 is 0 Å². The van der Waals surface area contributed by atoms with Crippen LogP contribution in [0.2, 0.25) is 0 Å². The molecular formula is C21H25N5O3. The van der Waals surface area contributed by atoms with E-state index in [9.17, 15) is 9.59 Å². The van der Waals surface area contributed by atoms with Crippen molar-refractivity contribution in [2.75, 3.05) is 19.7 Å². The molecule has 1 unspecified atom stereocenters. The predicted octanol–water partition coefficient (Wildman–Crippen LogP) is 2.15. The summed E-state index contributed by atoms with van der Waals surface area (Å²) >= 11 is 0. The minimum absolute atomic E-state index is 0.0638. The molecule has 8 heteroatoms. The van der Waals surface area contributed by atoms with Crippen LogP contribution in [0.15, 0.2) is 24.5 Å². The van der Waals surface area contributed by atoms with Crippen LogP contribution in [0, 0.1) is 0 Å². The van der Waals surface area contributed by atoms with E-state index in [4.69, 9.17) is 9.72 Å². The molecule has 0 bridgehead atoms. The summed E-state index contributed by atoms with van der Waals surface area (Å²) in [6, 6.07) is 3.34. The molecule has 2 aromatic rings. The number of fused-ring (bicyclic) bond motifs is 1. The highest BCUT2D eigenvalue weighted by Gasteiger charge is 2.34. The third-order valence-electron chi connectivity index (χ3n) is 5.49. The minimum atomic E-state index is -0.159. The van der Waals surface area contributed by atoms with Crippen LogP contribution in [0.4, 0.5) is 0 Å². The molecule has 29 heavy (non-hydrogen) atoms. The molecular weight excluding hydrogens is 370 g/mol. The molecule has 8 nitrogen and oxygen atoms in total. The number of hydrogen-bond donors (Lipinski definition) is 0. The van der Waals surface area contributed by atoms with Crippen molar-refractivity contribution in [3.8, 4) is 5.88 Å². The number of aromatic nitrogens is 3. The van der Waals surface area contributed by atoms with Crippen LogP contribution in [-0.2, 0) is 17.8 Å². The number of hydrogen-bond acceptors (Lipinski definition) is 6. The van der Waals surface area contributed by atoms with E-state index in [1.165, 1.54) is 0 Å². The maximum Gasteiger partial charge on any atom is 0.259 e. The number of carbonyl (C=O) groups is 2. The summed E-state index contributed by atoms with van der Waals surface area (Å²) in [5.41, 5.74) is 2.43. The van der Waals surface area contributed by atoms with Gasteiger partial charge in [-0.3, -0.25) is 9.59 Å². The molecule has 4 heterocycles. The predicted molar refractivity (Wildman–Crippen MR) is 105 cm³/mol. The Hall–Kier alpha value is -3.03. The summed E-state index contributed by atoms with van der Waals surface area (Å²) in [6.45, 7) is 5.77. The first-order valence-electron chi connectivity index (χ1n) is 10.1. The highest BCUT2D eigenvalue weighted by molar-refractivity contribution is 5.96. The number of carbonyl (C=O) groups excluding carboxylic acids is 2. The lowest BCUT2D eigenvalue weighted by molar-refractivity contribution is -0.129. The fourth-order valence-corrected chi connectivity index (χ4v) is 4.00. The Bertz CT molecular complexity index is 932. The number of rotatable bonds is 4. The van der Waals surface area contributed by atoms with Gasteiger partial charge in [0, 0.05) is 50.9 Å². The molecule has 0 radical (unpaired) electrons. The molecule has 2 aliphatic rings. The second kappa shape index (κ2) is 8.14. The van der Waals surface area contributed by atoms with Crippen LogP contribution in [0.25, 0.3) is 0 Å². The second-order valence-electron chi connectivity index (χ2n) is 7.34. The van der Waals surface area contributed by atoms with Gasteiger partial charge in [-0.05, 0) is 31.9 Å². The van der Waals surface area contributed by atoms with Crippen LogP contribution in [-0.4, -0.2) is 56.3 Å². The van der Waals surface area contributed by atoms with Crippen molar-refractivity contribution in [2.45, 2.75) is 45.7 Å². The second-order valence-corrected chi connectivity index (χ2v) is 7.34. The van der Waals surface area contributed by atoms with Crippen molar-refractivity contribution in [2.24, 2.45) is 0 Å². The summed E-state index contributed by atoms with van der Waals surface area (Å²) < 4.78 is 5.54. The number of amides is 2. The number of likely N-dealkylation sites (tertiary alicyclic amines) is 1. The molecule has 0 aromatic carbocycles. The molecule has 2 aliphatic heterocycles. The van der Waals surface area contributed by atoms with Gasteiger partial charge < -0.3 is 14.5 Å². The molecule has 152 valence electrons. The highest BCUT2D eigenvalue weighted by atomic mass is 16.5. The number of nitrogens with zero attached hydrogens (tertiary/aromatic N) is 5. The van der Waals surface area contributed by atoms with E-state index in [0.29, 0.717) is 49.9 Å². The average Bonchev–Trinajstić information content (AvgIpc) is 3.23. The van der Waals surface area contributed by atoms with Crippen LogP contribution in [0.1, 0.15) is 60.2 Å². The molecule has 2 aromatic heterocycles. The van der Waals surface area contributed by atoms with Gasteiger partial charge in [0.1, 0.15) is 5.56 Å². The van der Waals surface area contributed by atoms with E-state index < -0.39 is 0 Å². The maximum atomic E-state index is 13.2. The van der Waals surface area contributed by atoms with Gasteiger partial charge in [0.2, 0.25) is 11.8 Å². The standard InChI is InChI=1S/C21H25N5O3/c1-3-29-20-16(6-4-9-22-20)21(28)26-10-5-7-18(26)19-23-12-15-13-25(14(2)27)11-8-17(15)24-19/h4,6,9,12,18H,3,5,7-8,10-11,13H2,1-2H3. The lowest BCUT2D eigenvalue weighted by atomic mass is 10.1. The third kappa shape index (κ3) is 3.79. The van der Waals surface area contributed by atoms with Crippen LogP contribution < -0.4 is 4.74 Å². The van der Waals surface area contributed by atoms with E-state index in [-0.39, 0.29) is 17.9 Å². The minimum Gasteiger partial charge on any atom is -0.477 e. The smallest absolute Gasteiger partial charge is 0.259 e. The molecule has 1 saturated heterocycles. The number of pyridine rings is 1. The van der Waals surface area contributed by atoms with Gasteiger partial charge >= 0.3 is 0 Å². The Kier molecular flexibility index (Phi) is 5.42. The lowest BCUT2D eigenvalue weighted by Gasteiger charge is -2.29. The van der Waals surface area contributed by atoms with Crippen LogP contribution >= 0.6 is 0 Å². The van der Waals surface area contributed by atoms with E-state index in [1.807, 2.05) is 18.0 Å². The Morgan fingerprint density at radius 3 is 2.93 bits per heavy atom. The SMILES string of the molecule is CCOc1ncccc1C(=O)N1CCCC1c1ncc2c(n1)CCN(C(C)=O)C2. The molecule has 0 saturated carbocycles. The van der Waals surface area contributed by atoms with E-state index in [1.54, 1.807) is 30.2 Å². The summed E-state index contributed by atoms with van der Waals surface area (Å²) in [4.78, 5) is 42.1. The van der Waals surface area contributed by atoms with Crippen molar-refractivity contribution >= 4 is 11.8 Å². The zero-order valence-corrected chi connectivity index (χ0v) is 16.8. The van der Waals surface area contributed by atoms with Gasteiger partial charge in [-0.25, -0.2) is 15.0 Å². The normalized spacial score (nSPS) is 18.5. The van der Waals surface area contributed by atoms with Crippen molar-refractivity contribution in [3.05, 3.63) is 47.2 Å². The van der Waals surface area contributed by atoms with Gasteiger partial charge in [-0.2, -0.15) is 0 Å². The topological polar surface area (TPSA) is 88.5 Å². The quantitative estimate of drug-likeness (QED) is 0.788. The Morgan fingerprint density at radius 2 is 2.14 bits per heavy atom. The third-order valence-corrected chi connectivity index (χ3v) is 5.49. The molecule has 4 rings (SSSR count). The molecule has 2 amide bonds. The number of ether oxygens (including phenoxy) is 1. The Labute approximate surface area is 169 Å². The fraction of sp³-hybridized carbons (Fsp3) is 0.476. The average molecular weight is 395 g/mol. The summed E-state index contributed by atoms with van der Waals surface area (Å²) in [5, 5.41) is 0. The van der Waals surface area contributed by atoms with E-state index in [2.05, 4.69) is 9.97 Å². The van der Waals surface area contributed by atoms with Gasteiger partial charge in [0.05, 0.1) is 18.3 Å². The summed E-state index contributed by atoms with van der Waals surface area (Å²) in [6.07, 6.45) is 5.87. The molecule has 0 spiro atoms.